The number of nitrogen functional groups attached to an aromatic ring is 1. The van der Waals surface area contributed by atoms with Crippen LogP contribution in [-0.4, -0.2) is 39.9 Å². The molecule has 0 bridgehead atoms. The van der Waals surface area contributed by atoms with Gasteiger partial charge in [-0.2, -0.15) is 5.10 Å². The van der Waals surface area contributed by atoms with E-state index >= 15 is 0 Å². The van der Waals surface area contributed by atoms with Gasteiger partial charge in [-0.15, -0.1) is 0 Å². The van der Waals surface area contributed by atoms with Crippen molar-refractivity contribution in [3.8, 4) is 0 Å². The van der Waals surface area contributed by atoms with Gasteiger partial charge in [0.1, 0.15) is 11.4 Å². The smallest absolute Gasteiger partial charge is 0.410 e. The number of piperidine rings is 1. The van der Waals surface area contributed by atoms with E-state index in [0.717, 1.165) is 25.1 Å². The molecule has 1 aromatic rings. The first-order chi connectivity index (χ1) is 8.85. The number of aromatic amines is 1. The van der Waals surface area contributed by atoms with Gasteiger partial charge in [0.05, 0.1) is 0 Å². The zero-order valence-electron chi connectivity index (χ0n) is 11.8. The Balaban J connectivity index is 1.99. The SMILES string of the molecule is CC(C)(C)OC(=O)N1CCC[C@H](c2cc(N)n[nH]2)C1. The molecular weight excluding hydrogens is 244 g/mol. The highest BCUT2D eigenvalue weighted by Crippen LogP contribution is 2.27. The molecule has 0 saturated carbocycles. The van der Waals surface area contributed by atoms with Crippen LogP contribution in [0.3, 0.4) is 0 Å². The second kappa shape index (κ2) is 5.11. The Morgan fingerprint density at radius 1 is 1.58 bits per heavy atom. The quantitative estimate of drug-likeness (QED) is 0.815. The van der Waals surface area contributed by atoms with Gasteiger partial charge in [-0.25, -0.2) is 4.79 Å². The van der Waals surface area contributed by atoms with Crippen LogP contribution < -0.4 is 5.73 Å². The van der Waals surface area contributed by atoms with Gasteiger partial charge < -0.3 is 15.4 Å². The van der Waals surface area contributed by atoms with Crippen molar-refractivity contribution in [1.82, 2.24) is 15.1 Å². The number of hydrogen-bond acceptors (Lipinski definition) is 4. The van der Waals surface area contributed by atoms with Gasteiger partial charge in [0.2, 0.25) is 0 Å². The molecule has 1 saturated heterocycles. The maximum Gasteiger partial charge on any atom is 0.410 e. The number of ether oxygens (including phenoxy) is 1. The molecule has 1 aliphatic rings. The molecule has 2 heterocycles. The molecule has 1 aliphatic heterocycles. The summed E-state index contributed by atoms with van der Waals surface area (Å²) < 4.78 is 5.40. The molecule has 106 valence electrons. The van der Waals surface area contributed by atoms with Crippen LogP contribution in [0, 0.1) is 0 Å². The minimum absolute atomic E-state index is 0.246. The first-order valence-electron chi connectivity index (χ1n) is 6.64. The average Bonchev–Trinajstić information content (AvgIpc) is 2.74. The number of carbonyl (C=O) groups is 1. The van der Waals surface area contributed by atoms with Crippen LogP contribution in [0.4, 0.5) is 10.6 Å². The molecule has 0 radical (unpaired) electrons. The third-order valence-corrected chi connectivity index (χ3v) is 3.13. The normalized spacial score (nSPS) is 20.4. The van der Waals surface area contributed by atoms with Crippen LogP contribution in [0.2, 0.25) is 0 Å². The molecule has 19 heavy (non-hydrogen) atoms. The number of likely N-dealkylation sites (tertiary alicyclic amines) is 1. The highest BCUT2D eigenvalue weighted by atomic mass is 16.6. The van der Waals surface area contributed by atoms with E-state index in [9.17, 15) is 4.79 Å². The molecule has 2 rings (SSSR count). The van der Waals surface area contributed by atoms with Gasteiger partial charge >= 0.3 is 6.09 Å². The molecule has 1 atom stereocenters. The molecule has 0 unspecified atom stereocenters. The highest BCUT2D eigenvalue weighted by Gasteiger charge is 2.29. The van der Waals surface area contributed by atoms with Gasteiger partial charge in [0.15, 0.2) is 0 Å². The maximum atomic E-state index is 12.0. The third kappa shape index (κ3) is 3.62. The van der Waals surface area contributed by atoms with Crippen LogP contribution in [0.1, 0.15) is 45.2 Å². The molecule has 3 N–H and O–H groups in total. The van der Waals surface area contributed by atoms with E-state index in [1.54, 1.807) is 4.90 Å². The number of amides is 1. The molecule has 1 fully saturated rings. The summed E-state index contributed by atoms with van der Waals surface area (Å²) in [6.45, 7) is 7.03. The summed E-state index contributed by atoms with van der Waals surface area (Å²) >= 11 is 0. The number of H-pyrrole nitrogens is 1. The van der Waals surface area contributed by atoms with Crippen molar-refractivity contribution in [1.29, 1.82) is 0 Å². The van der Waals surface area contributed by atoms with E-state index < -0.39 is 5.60 Å². The van der Waals surface area contributed by atoms with E-state index in [-0.39, 0.29) is 12.0 Å². The lowest BCUT2D eigenvalue weighted by Crippen LogP contribution is -2.42. The first kappa shape index (κ1) is 13.7. The summed E-state index contributed by atoms with van der Waals surface area (Å²) in [6, 6.07) is 1.84. The Morgan fingerprint density at radius 2 is 2.32 bits per heavy atom. The van der Waals surface area contributed by atoms with Crippen LogP contribution in [0.25, 0.3) is 0 Å². The van der Waals surface area contributed by atoms with E-state index in [0.29, 0.717) is 12.4 Å². The topological polar surface area (TPSA) is 84.2 Å². The zero-order valence-corrected chi connectivity index (χ0v) is 11.8. The highest BCUT2D eigenvalue weighted by molar-refractivity contribution is 5.68. The van der Waals surface area contributed by atoms with Gasteiger partial charge in [-0.05, 0) is 33.6 Å². The lowest BCUT2D eigenvalue weighted by atomic mass is 9.95. The number of hydrogen-bond donors (Lipinski definition) is 2. The Labute approximate surface area is 113 Å². The first-order valence-corrected chi connectivity index (χ1v) is 6.64. The summed E-state index contributed by atoms with van der Waals surface area (Å²) in [5.74, 6) is 0.746. The van der Waals surface area contributed by atoms with Crippen molar-refractivity contribution in [2.24, 2.45) is 0 Å². The number of carbonyl (C=O) groups excluding carboxylic acids is 1. The van der Waals surface area contributed by atoms with Gasteiger partial charge in [0.25, 0.3) is 0 Å². The Kier molecular flexibility index (Phi) is 3.68. The van der Waals surface area contributed by atoms with Crippen molar-refractivity contribution in [3.05, 3.63) is 11.8 Å². The summed E-state index contributed by atoms with van der Waals surface area (Å²) in [7, 11) is 0. The molecule has 0 aromatic carbocycles. The fraction of sp³-hybridized carbons (Fsp3) is 0.692. The van der Waals surface area contributed by atoms with Crippen molar-refractivity contribution < 1.29 is 9.53 Å². The fourth-order valence-electron chi connectivity index (χ4n) is 2.29. The second-order valence-electron chi connectivity index (χ2n) is 6.01. The predicted octanol–water partition coefficient (Wildman–Crippen LogP) is 2.11. The Morgan fingerprint density at radius 3 is 2.89 bits per heavy atom. The molecule has 6 heteroatoms. The number of rotatable bonds is 1. The van der Waals surface area contributed by atoms with Crippen LogP contribution in [0.5, 0.6) is 0 Å². The fourth-order valence-corrected chi connectivity index (χ4v) is 2.29. The second-order valence-corrected chi connectivity index (χ2v) is 6.01. The van der Waals surface area contributed by atoms with Gasteiger partial charge in [-0.1, -0.05) is 0 Å². The number of nitrogens with one attached hydrogen (secondary N) is 1. The predicted molar refractivity (Wildman–Crippen MR) is 72.8 cm³/mol. The molecule has 0 spiro atoms. The number of aromatic nitrogens is 2. The number of anilines is 1. The van der Waals surface area contributed by atoms with Crippen molar-refractivity contribution in [2.75, 3.05) is 18.8 Å². The molecule has 0 aliphatic carbocycles. The molecule has 1 aromatic heterocycles. The minimum Gasteiger partial charge on any atom is -0.444 e. The maximum absolute atomic E-state index is 12.0. The van der Waals surface area contributed by atoms with Crippen molar-refractivity contribution >= 4 is 11.9 Å². The van der Waals surface area contributed by atoms with Crippen LogP contribution in [-0.2, 0) is 4.74 Å². The summed E-state index contributed by atoms with van der Waals surface area (Å²) in [5.41, 5.74) is 6.15. The van der Waals surface area contributed by atoms with Crippen molar-refractivity contribution in [3.63, 3.8) is 0 Å². The summed E-state index contributed by atoms with van der Waals surface area (Å²) in [6.07, 6.45) is 1.74. The van der Waals surface area contributed by atoms with Crippen LogP contribution in [0.15, 0.2) is 6.07 Å². The number of nitrogens with two attached hydrogens (primary N) is 1. The van der Waals surface area contributed by atoms with Gasteiger partial charge in [-0.3, -0.25) is 5.10 Å². The standard InChI is InChI=1S/C13H22N4O2/c1-13(2,3)19-12(18)17-6-4-5-9(8-17)10-7-11(14)16-15-10/h7,9H,4-6,8H2,1-3H3,(H3,14,15,16)/t9-/m0/s1. The summed E-state index contributed by atoms with van der Waals surface area (Å²) in [5, 5.41) is 6.87. The Bertz CT molecular complexity index is 450. The minimum atomic E-state index is -0.456. The monoisotopic (exact) mass is 266 g/mol. The van der Waals surface area contributed by atoms with Crippen molar-refractivity contribution in [2.45, 2.75) is 45.1 Å². The molecule has 1 amide bonds. The molecular formula is C13H22N4O2. The summed E-state index contributed by atoms with van der Waals surface area (Å²) in [4.78, 5) is 13.8. The van der Waals surface area contributed by atoms with E-state index in [4.69, 9.17) is 10.5 Å². The lowest BCUT2D eigenvalue weighted by molar-refractivity contribution is 0.0197. The number of nitrogens with zero attached hydrogens (tertiary/aromatic N) is 2. The van der Waals surface area contributed by atoms with E-state index in [1.807, 2.05) is 26.8 Å². The Hall–Kier alpha value is -1.72. The largest absolute Gasteiger partial charge is 0.444 e. The average molecular weight is 266 g/mol. The molecule has 6 nitrogen and oxygen atoms in total. The third-order valence-electron chi connectivity index (χ3n) is 3.13. The van der Waals surface area contributed by atoms with E-state index in [2.05, 4.69) is 10.2 Å². The zero-order chi connectivity index (χ0) is 14.0. The lowest BCUT2D eigenvalue weighted by Gasteiger charge is -2.33. The van der Waals surface area contributed by atoms with Gasteiger partial charge in [0, 0.05) is 30.8 Å². The van der Waals surface area contributed by atoms with Crippen LogP contribution >= 0.6 is 0 Å². The van der Waals surface area contributed by atoms with E-state index in [1.165, 1.54) is 0 Å².